The van der Waals surface area contributed by atoms with Gasteiger partial charge in [-0.1, -0.05) is 42.5 Å². The van der Waals surface area contributed by atoms with Crippen LogP contribution in [0.5, 0.6) is 0 Å². The number of carbonyl (C=O) groups is 4. The van der Waals surface area contributed by atoms with Crippen molar-refractivity contribution in [3.05, 3.63) is 65.7 Å². The average Bonchev–Trinajstić information content (AvgIpc) is 3.43. The maximum atomic E-state index is 13.7. The SMILES string of the molecule is O=C1[C@H]2[C@H]3CCCN3C3(C(=O)c4ccccc4C3=O)[C@H]2C(=O)N1c1ccccc1. The van der Waals surface area contributed by atoms with Crippen LogP contribution in [0, 0.1) is 11.8 Å². The van der Waals surface area contributed by atoms with E-state index in [-0.39, 0.29) is 23.5 Å². The number of amides is 2. The van der Waals surface area contributed by atoms with E-state index >= 15 is 0 Å². The van der Waals surface area contributed by atoms with E-state index in [4.69, 9.17) is 0 Å². The smallest absolute Gasteiger partial charge is 0.240 e. The van der Waals surface area contributed by atoms with Gasteiger partial charge in [0.05, 0.1) is 17.5 Å². The summed E-state index contributed by atoms with van der Waals surface area (Å²) in [6, 6.07) is 15.3. The number of ketones is 2. The molecule has 3 saturated heterocycles. The largest absolute Gasteiger partial charge is 0.291 e. The van der Waals surface area contributed by atoms with E-state index in [2.05, 4.69) is 0 Å². The van der Waals surface area contributed by atoms with Gasteiger partial charge in [-0.2, -0.15) is 0 Å². The van der Waals surface area contributed by atoms with Crippen molar-refractivity contribution in [1.29, 1.82) is 0 Å². The Labute approximate surface area is 167 Å². The van der Waals surface area contributed by atoms with E-state index in [0.29, 0.717) is 29.8 Å². The Morgan fingerprint density at radius 3 is 2.07 bits per heavy atom. The van der Waals surface area contributed by atoms with Crippen LogP contribution in [0.25, 0.3) is 0 Å². The number of benzene rings is 2. The fourth-order valence-corrected chi connectivity index (χ4v) is 6.07. The summed E-state index contributed by atoms with van der Waals surface area (Å²) in [4.78, 5) is 57.4. The van der Waals surface area contributed by atoms with Gasteiger partial charge in [-0.3, -0.25) is 24.1 Å². The van der Waals surface area contributed by atoms with Crippen molar-refractivity contribution in [3.63, 3.8) is 0 Å². The molecule has 0 radical (unpaired) electrons. The molecule has 3 aliphatic heterocycles. The lowest BCUT2D eigenvalue weighted by molar-refractivity contribution is -0.124. The number of Topliss-reactive ketones (excluding diaryl/α,β-unsaturated/α-hetero) is 2. The molecule has 0 unspecified atom stereocenters. The highest BCUT2D eigenvalue weighted by atomic mass is 16.2. The molecular formula is C23H18N2O4. The normalized spacial score (nSPS) is 29.7. The van der Waals surface area contributed by atoms with E-state index < -0.39 is 23.3 Å². The van der Waals surface area contributed by atoms with Gasteiger partial charge in [-0.25, -0.2) is 4.90 Å². The summed E-state index contributed by atoms with van der Waals surface area (Å²) in [7, 11) is 0. The van der Waals surface area contributed by atoms with Gasteiger partial charge >= 0.3 is 0 Å². The van der Waals surface area contributed by atoms with E-state index in [9.17, 15) is 19.2 Å². The molecule has 3 fully saturated rings. The average molecular weight is 386 g/mol. The number of hydrogen-bond acceptors (Lipinski definition) is 5. The van der Waals surface area contributed by atoms with Crippen LogP contribution in [0.1, 0.15) is 33.6 Å². The number of para-hydroxylation sites is 1. The quantitative estimate of drug-likeness (QED) is 0.554. The number of anilines is 1. The highest BCUT2D eigenvalue weighted by molar-refractivity contribution is 6.37. The van der Waals surface area contributed by atoms with Crippen LogP contribution in [-0.2, 0) is 9.59 Å². The van der Waals surface area contributed by atoms with Crippen LogP contribution in [-0.4, -0.2) is 46.4 Å². The number of carbonyl (C=O) groups excluding carboxylic acids is 4. The summed E-state index contributed by atoms with van der Waals surface area (Å²) in [6.45, 7) is 0.551. The van der Waals surface area contributed by atoms with Crippen LogP contribution in [0.15, 0.2) is 54.6 Å². The van der Waals surface area contributed by atoms with Crippen LogP contribution in [0.4, 0.5) is 5.69 Å². The van der Waals surface area contributed by atoms with Crippen molar-refractivity contribution in [2.24, 2.45) is 11.8 Å². The fraction of sp³-hybridized carbons (Fsp3) is 0.304. The predicted octanol–water partition coefficient (Wildman–Crippen LogP) is 2.09. The van der Waals surface area contributed by atoms with Gasteiger partial charge in [-0.15, -0.1) is 0 Å². The van der Waals surface area contributed by atoms with Gasteiger partial charge in [0.1, 0.15) is 0 Å². The Hall–Kier alpha value is -3.12. The summed E-state index contributed by atoms with van der Waals surface area (Å²) in [5.41, 5.74) is -0.359. The van der Waals surface area contributed by atoms with Crippen molar-refractivity contribution in [1.82, 2.24) is 4.90 Å². The summed E-state index contributed by atoms with van der Waals surface area (Å²) < 4.78 is 0. The molecule has 2 aromatic rings. The van der Waals surface area contributed by atoms with Crippen LogP contribution in [0.3, 0.4) is 0 Å². The molecule has 1 aliphatic carbocycles. The first-order valence-corrected chi connectivity index (χ1v) is 9.96. The zero-order chi connectivity index (χ0) is 19.9. The molecule has 144 valence electrons. The minimum atomic E-state index is -1.58. The minimum Gasteiger partial charge on any atom is -0.291 e. The number of fused-ring (bicyclic) bond motifs is 6. The molecule has 29 heavy (non-hydrogen) atoms. The van der Waals surface area contributed by atoms with Crippen molar-refractivity contribution in [2.45, 2.75) is 24.4 Å². The summed E-state index contributed by atoms with van der Waals surface area (Å²) in [5.74, 6) is -3.01. The molecule has 2 amide bonds. The van der Waals surface area contributed by atoms with E-state index in [1.54, 1.807) is 48.5 Å². The standard InChI is InChI=1S/C23H18N2O4/c26-19-14-9-4-5-10-15(14)20(27)23(19)18-17(16-11-6-12-24(16)23)21(28)25(22(18)29)13-7-2-1-3-8-13/h1-5,7-10,16-18H,6,11-12H2/t16-,17+,18-/m1/s1. The summed E-state index contributed by atoms with van der Waals surface area (Å²) in [5, 5.41) is 0. The first-order chi connectivity index (χ1) is 14.1. The van der Waals surface area contributed by atoms with Gasteiger partial charge in [0.15, 0.2) is 17.1 Å². The monoisotopic (exact) mass is 386 g/mol. The molecule has 3 heterocycles. The minimum absolute atomic E-state index is 0.257. The first kappa shape index (κ1) is 16.8. The fourth-order valence-electron chi connectivity index (χ4n) is 6.07. The van der Waals surface area contributed by atoms with Gasteiger partial charge in [0.25, 0.3) is 0 Å². The third-order valence-corrected chi connectivity index (χ3v) is 7.09. The molecule has 6 rings (SSSR count). The lowest BCUT2D eigenvalue weighted by atomic mass is 9.76. The maximum Gasteiger partial charge on any atom is 0.240 e. The Balaban J connectivity index is 1.56. The number of nitrogens with zero attached hydrogens (tertiary/aromatic N) is 2. The number of imide groups is 1. The number of hydrogen-bond donors (Lipinski definition) is 0. The van der Waals surface area contributed by atoms with Crippen molar-refractivity contribution >= 4 is 29.1 Å². The molecule has 0 aromatic heterocycles. The molecule has 0 bridgehead atoms. The molecule has 2 aromatic carbocycles. The lowest BCUT2D eigenvalue weighted by Gasteiger charge is -2.35. The Bertz CT molecular complexity index is 1070. The third kappa shape index (κ3) is 1.77. The predicted molar refractivity (Wildman–Crippen MR) is 103 cm³/mol. The molecule has 3 atom stereocenters. The van der Waals surface area contributed by atoms with Crippen LogP contribution in [0.2, 0.25) is 0 Å². The first-order valence-electron chi connectivity index (χ1n) is 9.96. The number of rotatable bonds is 1. The second kappa shape index (κ2) is 5.48. The second-order valence-electron chi connectivity index (χ2n) is 8.22. The molecule has 4 aliphatic rings. The zero-order valence-electron chi connectivity index (χ0n) is 15.6. The van der Waals surface area contributed by atoms with Crippen LogP contribution < -0.4 is 4.90 Å². The third-order valence-electron chi connectivity index (χ3n) is 7.09. The Morgan fingerprint density at radius 2 is 1.41 bits per heavy atom. The topological polar surface area (TPSA) is 74.8 Å². The zero-order valence-corrected chi connectivity index (χ0v) is 15.6. The molecule has 1 spiro atoms. The van der Waals surface area contributed by atoms with Gasteiger partial charge in [0, 0.05) is 17.2 Å². The molecule has 0 saturated carbocycles. The maximum absolute atomic E-state index is 13.7. The van der Waals surface area contributed by atoms with Gasteiger partial charge in [-0.05, 0) is 31.5 Å². The molecular weight excluding hydrogens is 368 g/mol. The summed E-state index contributed by atoms with van der Waals surface area (Å²) in [6.07, 6.45) is 1.51. The van der Waals surface area contributed by atoms with E-state index in [1.165, 1.54) is 4.90 Å². The van der Waals surface area contributed by atoms with E-state index in [0.717, 1.165) is 6.42 Å². The summed E-state index contributed by atoms with van der Waals surface area (Å²) >= 11 is 0. The lowest BCUT2D eigenvalue weighted by Crippen LogP contribution is -2.59. The molecule has 0 N–H and O–H groups in total. The van der Waals surface area contributed by atoms with Crippen LogP contribution >= 0.6 is 0 Å². The van der Waals surface area contributed by atoms with Gasteiger partial charge < -0.3 is 0 Å². The molecule has 6 heteroatoms. The second-order valence-corrected chi connectivity index (χ2v) is 8.22. The molecule has 6 nitrogen and oxygen atoms in total. The van der Waals surface area contributed by atoms with Crippen molar-refractivity contribution < 1.29 is 19.2 Å². The Kier molecular flexibility index (Phi) is 3.17. The van der Waals surface area contributed by atoms with E-state index in [1.807, 2.05) is 11.0 Å². The highest BCUT2D eigenvalue weighted by Crippen LogP contribution is 2.57. The Morgan fingerprint density at radius 1 is 0.793 bits per heavy atom. The van der Waals surface area contributed by atoms with Crippen molar-refractivity contribution in [3.8, 4) is 0 Å². The van der Waals surface area contributed by atoms with Gasteiger partial charge in [0.2, 0.25) is 11.8 Å². The highest BCUT2D eigenvalue weighted by Gasteiger charge is 2.76. The van der Waals surface area contributed by atoms with Crippen molar-refractivity contribution in [2.75, 3.05) is 11.4 Å².